The summed E-state index contributed by atoms with van der Waals surface area (Å²) >= 11 is 7.37. The number of nitrogens with zero attached hydrogens (tertiary/aromatic N) is 1. The van der Waals surface area contributed by atoms with E-state index >= 15 is 0 Å². The van der Waals surface area contributed by atoms with Gasteiger partial charge < -0.3 is 11.1 Å². The number of nitrogen functional groups attached to an aromatic ring is 1. The van der Waals surface area contributed by atoms with Crippen LogP contribution in [0.4, 0.5) is 17.1 Å². The monoisotopic (exact) mass is 297 g/mol. The lowest BCUT2D eigenvalue weighted by Gasteiger charge is -2.14. The molecule has 0 spiro atoms. The molecule has 1 atom stereocenters. The molecule has 0 radical (unpaired) electrons. The quantitative estimate of drug-likeness (QED) is 0.506. The lowest BCUT2D eigenvalue weighted by molar-refractivity contribution is -0.383. The van der Waals surface area contributed by atoms with Crippen molar-refractivity contribution in [1.82, 2.24) is 0 Å². The number of anilines is 2. The standard InChI is InChI=1S/C12H12ClN3O2S/c1-7(11-4-5-12(13)19-11)15-8-2-3-10(16(17)18)9(14)6-8/h2-7,15H,14H2,1H3. The first kappa shape index (κ1) is 13.6. The Labute approximate surface area is 119 Å². The molecule has 0 saturated heterocycles. The molecule has 0 bridgehead atoms. The predicted octanol–water partition coefficient (Wildman–Crippen LogP) is 4.07. The van der Waals surface area contributed by atoms with E-state index < -0.39 is 4.92 Å². The van der Waals surface area contributed by atoms with Crippen molar-refractivity contribution in [3.8, 4) is 0 Å². The molecule has 1 unspecified atom stereocenters. The number of nitro groups is 1. The van der Waals surface area contributed by atoms with Gasteiger partial charge in [0.05, 0.1) is 15.3 Å². The molecular weight excluding hydrogens is 286 g/mol. The van der Waals surface area contributed by atoms with E-state index in [1.165, 1.54) is 17.4 Å². The van der Waals surface area contributed by atoms with Gasteiger partial charge in [0.15, 0.2) is 0 Å². The first-order chi connectivity index (χ1) is 8.97. The van der Waals surface area contributed by atoms with E-state index in [4.69, 9.17) is 17.3 Å². The molecule has 100 valence electrons. The van der Waals surface area contributed by atoms with E-state index in [2.05, 4.69) is 5.32 Å². The number of hydrogen-bond acceptors (Lipinski definition) is 5. The second kappa shape index (κ2) is 5.46. The molecule has 0 saturated carbocycles. The highest BCUT2D eigenvalue weighted by Gasteiger charge is 2.13. The number of nitro benzene ring substituents is 1. The lowest BCUT2D eigenvalue weighted by Crippen LogP contribution is -2.05. The third kappa shape index (κ3) is 3.15. The second-order valence-electron chi connectivity index (χ2n) is 4.04. The van der Waals surface area contributed by atoms with Crippen molar-refractivity contribution in [2.75, 3.05) is 11.1 Å². The molecule has 7 heteroatoms. The van der Waals surface area contributed by atoms with Crippen molar-refractivity contribution in [2.24, 2.45) is 0 Å². The fourth-order valence-corrected chi connectivity index (χ4v) is 2.76. The summed E-state index contributed by atoms with van der Waals surface area (Å²) in [6.07, 6.45) is 0. The van der Waals surface area contributed by atoms with Gasteiger partial charge in [-0.25, -0.2) is 0 Å². The van der Waals surface area contributed by atoms with Crippen molar-refractivity contribution < 1.29 is 4.92 Å². The summed E-state index contributed by atoms with van der Waals surface area (Å²) in [6.45, 7) is 1.99. The molecule has 19 heavy (non-hydrogen) atoms. The van der Waals surface area contributed by atoms with Gasteiger partial charge in [-0.1, -0.05) is 11.6 Å². The zero-order valence-electron chi connectivity index (χ0n) is 10.1. The number of benzene rings is 1. The van der Waals surface area contributed by atoms with Crippen molar-refractivity contribution in [2.45, 2.75) is 13.0 Å². The third-order valence-corrected chi connectivity index (χ3v) is 4.04. The Balaban J connectivity index is 2.15. The third-order valence-electron chi connectivity index (χ3n) is 2.63. The van der Waals surface area contributed by atoms with Gasteiger partial charge in [0.1, 0.15) is 5.69 Å². The van der Waals surface area contributed by atoms with Crippen LogP contribution in [0.1, 0.15) is 17.8 Å². The number of nitrogens with two attached hydrogens (primary N) is 1. The smallest absolute Gasteiger partial charge is 0.292 e. The van der Waals surface area contributed by atoms with Crippen LogP contribution >= 0.6 is 22.9 Å². The summed E-state index contributed by atoms with van der Waals surface area (Å²) in [6, 6.07) is 8.43. The maximum atomic E-state index is 10.7. The average Bonchev–Trinajstić information content (AvgIpc) is 2.75. The number of thiophene rings is 1. The minimum Gasteiger partial charge on any atom is -0.393 e. The van der Waals surface area contributed by atoms with Crippen LogP contribution in [0.3, 0.4) is 0 Å². The number of rotatable bonds is 4. The molecule has 0 aliphatic rings. The SMILES string of the molecule is CC(Nc1ccc([N+](=O)[O-])c(N)c1)c1ccc(Cl)s1. The fourth-order valence-electron chi connectivity index (χ4n) is 1.69. The Bertz CT molecular complexity index is 615. The molecule has 5 nitrogen and oxygen atoms in total. The Kier molecular flexibility index (Phi) is 3.92. The van der Waals surface area contributed by atoms with E-state index in [0.717, 1.165) is 14.9 Å². The molecule has 2 aromatic rings. The van der Waals surface area contributed by atoms with Gasteiger partial charge in [-0.05, 0) is 31.2 Å². The van der Waals surface area contributed by atoms with Crippen molar-refractivity contribution in [3.63, 3.8) is 0 Å². The van der Waals surface area contributed by atoms with Gasteiger partial charge in [0.25, 0.3) is 5.69 Å². The van der Waals surface area contributed by atoms with Gasteiger partial charge in [-0.3, -0.25) is 10.1 Å². The summed E-state index contributed by atoms with van der Waals surface area (Å²) < 4.78 is 0.729. The fraction of sp³-hybridized carbons (Fsp3) is 0.167. The maximum Gasteiger partial charge on any atom is 0.292 e. The Morgan fingerprint density at radius 2 is 2.16 bits per heavy atom. The molecule has 0 fully saturated rings. The van der Waals surface area contributed by atoms with Crippen molar-refractivity contribution in [1.29, 1.82) is 0 Å². The van der Waals surface area contributed by atoms with E-state index in [-0.39, 0.29) is 17.4 Å². The number of nitrogens with one attached hydrogen (secondary N) is 1. The second-order valence-corrected chi connectivity index (χ2v) is 5.79. The lowest BCUT2D eigenvalue weighted by atomic mass is 10.2. The summed E-state index contributed by atoms with van der Waals surface area (Å²) in [4.78, 5) is 11.3. The van der Waals surface area contributed by atoms with Crippen LogP contribution in [-0.2, 0) is 0 Å². The van der Waals surface area contributed by atoms with Crippen LogP contribution in [0.5, 0.6) is 0 Å². The van der Waals surface area contributed by atoms with Crippen LogP contribution in [0.2, 0.25) is 4.34 Å². The van der Waals surface area contributed by atoms with Crippen LogP contribution in [0, 0.1) is 10.1 Å². The normalized spacial score (nSPS) is 12.1. The van der Waals surface area contributed by atoms with Crippen molar-refractivity contribution >= 4 is 40.0 Å². The van der Waals surface area contributed by atoms with E-state index in [1.54, 1.807) is 12.1 Å². The van der Waals surface area contributed by atoms with E-state index in [0.29, 0.717) is 0 Å². The predicted molar refractivity (Wildman–Crippen MR) is 78.9 cm³/mol. The Morgan fingerprint density at radius 1 is 1.42 bits per heavy atom. The number of halogens is 1. The highest BCUT2D eigenvalue weighted by molar-refractivity contribution is 7.16. The maximum absolute atomic E-state index is 10.7. The molecule has 3 N–H and O–H groups in total. The molecule has 0 aliphatic heterocycles. The summed E-state index contributed by atoms with van der Waals surface area (Å²) in [5, 5.41) is 13.9. The zero-order valence-corrected chi connectivity index (χ0v) is 11.7. The minimum absolute atomic E-state index is 0.0540. The minimum atomic E-state index is -0.498. The van der Waals surface area contributed by atoms with Gasteiger partial charge >= 0.3 is 0 Å². The zero-order chi connectivity index (χ0) is 14.0. The molecular formula is C12H12ClN3O2S. The molecule has 1 heterocycles. The molecule has 0 aliphatic carbocycles. The van der Waals surface area contributed by atoms with Crippen LogP contribution < -0.4 is 11.1 Å². The van der Waals surface area contributed by atoms with Crippen LogP contribution in [-0.4, -0.2) is 4.92 Å². The van der Waals surface area contributed by atoms with E-state index in [9.17, 15) is 10.1 Å². The highest BCUT2D eigenvalue weighted by Crippen LogP contribution is 2.31. The van der Waals surface area contributed by atoms with Crippen molar-refractivity contribution in [3.05, 3.63) is 49.7 Å². The summed E-state index contributed by atoms with van der Waals surface area (Å²) in [7, 11) is 0. The first-order valence-electron chi connectivity index (χ1n) is 5.53. The molecule has 2 rings (SSSR count). The number of hydrogen-bond donors (Lipinski definition) is 2. The average molecular weight is 298 g/mol. The largest absolute Gasteiger partial charge is 0.393 e. The Hall–Kier alpha value is -1.79. The van der Waals surface area contributed by atoms with Gasteiger partial charge in [-0.15, -0.1) is 11.3 Å². The molecule has 1 aromatic carbocycles. The topological polar surface area (TPSA) is 81.2 Å². The first-order valence-corrected chi connectivity index (χ1v) is 6.72. The summed E-state index contributed by atoms with van der Waals surface area (Å²) in [5.74, 6) is 0. The highest BCUT2D eigenvalue weighted by atomic mass is 35.5. The van der Waals surface area contributed by atoms with Crippen LogP contribution in [0.15, 0.2) is 30.3 Å². The van der Waals surface area contributed by atoms with Gasteiger partial charge in [0, 0.05) is 16.6 Å². The Morgan fingerprint density at radius 3 is 2.68 bits per heavy atom. The van der Waals surface area contributed by atoms with Crippen LogP contribution in [0.25, 0.3) is 0 Å². The summed E-state index contributed by atoms with van der Waals surface area (Å²) in [5.41, 5.74) is 6.44. The van der Waals surface area contributed by atoms with Gasteiger partial charge in [-0.2, -0.15) is 0 Å². The van der Waals surface area contributed by atoms with Gasteiger partial charge in [0.2, 0.25) is 0 Å². The molecule has 1 aromatic heterocycles. The van der Waals surface area contributed by atoms with E-state index in [1.807, 2.05) is 19.1 Å². The molecule has 0 amide bonds.